The SMILES string of the molecule is C=CCOC1CCC[C@H]1Oc1ccc(C#N)c(Cl)c1. The van der Waals surface area contributed by atoms with E-state index < -0.39 is 0 Å². The van der Waals surface area contributed by atoms with Crippen LogP contribution in [-0.2, 0) is 4.74 Å². The molecular weight excluding hydrogens is 262 g/mol. The molecule has 0 spiro atoms. The Morgan fingerprint density at radius 3 is 2.89 bits per heavy atom. The molecule has 0 radical (unpaired) electrons. The second-order valence-electron chi connectivity index (χ2n) is 4.50. The van der Waals surface area contributed by atoms with Crippen molar-refractivity contribution in [1.82, 2.24) is 0 Å². The highest BCUT2D eigenvalue weighted by Crippen LogP contribution is 2.29. The lowest BCUT2D eigenvalue weighted by atomic mass is 10.2. The molecule has 1 saturated carbocycles. The van der Waals surface area contributed by atoms with Crippen molar-refractivity contribution in [3.8, 4) is 11.8 Å². The van der Waals surface area contributed by atoms with Crippen LogP contribution in [-0.4, -0.2) is 18.8 Å². The Morgan fingerprint density at radius 1 is 1.42 bits per heavy atom. The van der Waals surface area contributed by atoms with Crippen molar-refractivity contribution in [2.24, 2.45) is 0 Å². The van der Waals surface area contributed by atoms with Crippen LogP contribution in [0.3, 0.4) is 0 Å². The zero-order chi connectivity index (χ0) is 13.7. The molecule has 1 aliphatic carbocycles. The minimum Gasteiger partial charge on any atom is -0.488 e. The highest BCUT2D eigenvalue weighted by atomic mass is 35.5. The third-order valence-electron chi connectivity index (χ3n) is 3.17. The molecule has 19 heavy (non-hydrogen) atoms. The quantitative estimate of drug-likeness (QED) is 0.771. The second-order valence-corrected chi connectivity index (χ2v) is 4.91. The topological polar surface area (TPSA) is 42.2 Å². The summed E-state index contributed by atoms with van der Waals surface area (Å²) in [5, 5.41) is 9.25. The first-order chi connectivity index (χ1) is 9.24. The molecule has 1 aliphatic rings. The Kier molecular flexibility index (Phi) is 4.84. The molecule has 0 heterocycles. The summed E-state index contributed by atoms with van der Waals surface area (Å²) in [5.41, 5.74) is 0.458. The summed E-state index contributed by atoms with van der Waals surface area (Å²) >= 11 is 5.99. The number of halogens is 1. The zero-order valence-electron chi connectivity index (χ0n) is 10.6. The van der Waals surface area contributed by atoms with Crippen LogP contribution in [0.25, 0.3) is 0 Å². The molecule has 2 atom stereocenters. The number of nitrogens with zero attached hydrogens (tertiary/aromatic N) is 1. The van der Waals surface area contributed by atoms with Crippen molar-refractivity contribution >= 4 is 11.6 Å². The van der Waals surface area contributed by atoms with E-state index in [1.165, 1.54) is 0 Å². The van der Waals surface area contributed by atoms with Crippen LogP contribution >= 0.6 is 11.6 Å². The van der Waals surface area contributed by atoms with E-state index in [9.17, 15) is 0 Å². The van der Waals surface area contributed by atoms with Gasteiger partial charge in [0.1, 0.15) is 17.9 Å². The van der Waals surface area contributed by atoms with Crippen molar-refractivity contribution in [3.63, 3.8) is 0 Å². The van der Waals surface area contributed by atoms with Crippen LogP contribution in [0.2, 0.25) is 5.02 Å². The lowest BCUT2D eigenvalue weighted by Crippen LogP contribution is -2.28. The Morgan fingerprint density at radius 2 is 2.21 bits per heavy atom. The van der Waals surface area contributed by atoms with Gasteiger partial charge in [-0.3, -0.25) is 0 Å². The molecule has 1 fully saturated rings. The normalized spacial score (nSPS) is 21.9. The van der Waals surface area contributed by atoms with Gasteiger partial charge >= 0.3 is 0 Å². The van der Waals surface area contributed by atoms with Gasteiger partial charge in [-0.1, -0.05) is 17.7 Å². The van der Waals surface area contributed by atoms with E-state index in [1.54, 1.807) is 24.3 Å². The first kappa shape index (κ1) is 13.9. The van der Waals surface area contributed by atoms with E-state index >= 15 is 0 Å². The highest BCUT2D eigenvalue weighted by Gasteiger charge is 2.29. The average Bonchev–Trinajstić information content (AvgIpc) is 2.84. The Labute approximate surface area is 118 Å². The lowest BCUT2D eigenvalue weighted by Gasteiger charge is -2.21. The van der Waals surface area contributed by atoms with Crippen molar-refractivity contribution < 1.29 is 9.47 Å². The molecule has 0 saturated heterocycles. The predicted molar refractivity (Wildman–Crippen MR) is 74.4 cm³/mol. The second kappa shape index (κ2) is 6.60. The van der Waals surface area contributed by atoms with E-state index in [4.69, 9.17) is 26.3 Å². The van der Waals surface area contributed by atoms with Crippen molar-refractivity contribution in [2.45, 2.75) is 31.5 Å². The minimum atomic E-state index is 0.0453. The summed E-state index contributed by atoms with van der Waals surface area (Å²) in [7, 11) is 0. The van der Waals surface area contributed by atoms with Gasteiger partial charge in [-0.25, -0.2) is 0 Å². The summed E-state index contributed by atoms with van der Waals surface area (Å²) < 4.78 is 11.6. The van der Waals surface area contributed by atoms with Gasteiger partial charge in [-0.15, -0.1) is 6.58 Å². The van der Waals surface area contributed by atoms with Crippen LogP contribution in [0.5, 0.6) is 5.75 Å². The molecule has 3 nitrogen and oxygen atoms in total. The number of nitriles is 1. The van der Waals surface area contributed by atoms with Crippen LogP contribution in [0.15, 0.2) is 30.9 Å². The van der Waals surface area contributed by atoms with Gasteiger partial charge in [-0.05, 0) is 31.4 Å². The fourth-order valence-corrected chi connectivity index (χ4v) is 2.46. The molecule has 0 amide bonds. The summed E-state index contributed by atoms with van der Waals surface area (Å²) in [6.07, 6.45) is 4.96. The third kappa shape index (κ3) is 3.50. The predicted octanol–water partition coefficient (Wildman–Crippen LogP) is 3.71. The molecule has 2 rings (SSSR count). The van der Waals surface area contributed by atoms with Gasteiger partial charge in [0.25, 0.3) is 0 Å². The van der Waals surface area contributed by atoms with Crippen LogP contribution in [0.1, 0.15) is 24.8 Å². The van der Waals surface area contributed by atoms with E-state index in [2.05, 4.69) is 6.58 Å². The van der Waals surface area contributed by atoms with Crippen molar-refractivity contribution in [1.29, 1.82) is 5.26 Å². The number of ether oxygens (including phenoxy) is 2. The largest absolute Gasteiger partial charge is 0.488 e. The maximum Gasteiger partial charge on any atom is 0.125 e. The van der Waals surface area contributed by atoms with Crippen molar-refractivity contribution in [2.75, 3.05) is 6.61 Å². The van der Waals surface area contributed by atoms with E-state index in [-0.39, 0.29) is 12.2 Å². The summed E-state index contributed by atoms with van der Waals surface area (Å²) in [6, 6.07) is 7.16. The first-order valence-corrected chi connectivity index (χ1v) is 6.71. The molecule has 0 N–H and O–H groups in total. The van der Waals surface area contributed by atoms with Crippen LogP contribution in [0, 0.1) is 11.3 Å². The lowest BCUT2D eigenvalue weighted by molar-refractivity contribution is 0.00551. The van der Waals surface area contributed by atoms with Crippen LogP contribution < -0.4 is 4.74 Å². The van der Waals surface area contributed by atoms with Gasteiger partial charge in [0.15, 0.2) is 0 Å². The van der Waals surface area contributed by atoms with E-state index in [1.807, 2.05) is 6.07 Å². The summed E-state index contributed by atoms with van der Waals surface area (Å²) in [4.78, 5) is 0. The monoisotopic (exact) mass is 277 g/mol. The smallest absolute Gasteiger partial charge is 0.125 e. The molecule has 0 aromatic heterocycles. The number of hydrogen-bond acceptors (Lipinski definition) is 3. The molecule has 4 heteroatoms. The van der Waals surface area contributed by atoms with Gasteiger partial charge < -0.3 is 9.47 Å². The molecule has 0 aliphatic heterocycles. The summed E-state index contributed by atoms with van der Waals surface area (Å²) in [6.45, 7) is 4.19. The van der Waals surface area contributed by atoms with Crippen molar-refractivity contribution in [3.05, 3.63) is 41.4 Å². The maximum absolute atomic E-state index is 8.83. The average molecular weight is 278 g/mol. The minimum absolute atomic E-state index is 0.0453. The Balaban J connectivity index is 2.02. The molecule has 1 aromatic carbocycles. The molecular formula is C15H16ClNO2. The van der Waals surface area contributed by atoms with E-state index in [0.29, 0.717) is 22.9 Å². The number of hydrogen-bond donors (Lipinski definition) is 0. The Bertz CT molecular complexity index is 495. The first-order valence-electron chi connectivity index (χ1n) is 6.33. The fourth-order valence-electron chi connectivity index (χ4n) is 2.24. The molecule has 0 bridgehead atoms. The molecule has 1 unspecified atom stereocenters. The van der Waals surface area contributed by atoms with E-state index in [0.717, 1.165) is 19.3 Å². The number of rotatable bonds is 5. The third-order valence-corrected chi connectivity index (χ3v) is 3.48. The van der Waals surface area contributed by atoms with Gasteiger partial charge in [0.2, 0.25) is 0 Å². The standard InChI is InChI=1S/C15H16ClNO2/c1-2-8-18-14-4-3-5-15(14)19-12-7-6-11(10-17)13(16)9-12/h2,6-7,9,14-15H,1,3-5,8H2/t14?,15-/m1/s1. The van der Waals surface area contributed by atoms with Gasteiger partial charge in [0, 0.05) is 6.07 Å². The Hall–Kier alpha value is -1.50. The van der Waals surface area contributed by atoms with Gasteiger partial charge in [0.05, 0.1) is 23.3 Å². The maximum atomic E-state index is 8.83. The summed E-state index contributed by atoms with van der Waals surface area (Å²) in [5.74, 6) is 0.683. The highest BCUT2D eigenvalue weighted by molar-refractivity contribution is 6.31. The van der Waals surface area contributed by atoms with Gasteiger partial charge in [-0.2, -0.15) is 5.26 Å². The molecule has 1 aromatic rings. The molecule has 100 valence electrons. The van der Waals surface area contributed by atoms with Crippen LogP contribution in [0.4, 0.5) is 0 Å². The zero-order valence-corrected chi connectivity index (χ0v) is 11.4. The fraction of sp³-hybridized carbons (Fsp3) is 0.400. The number of benzene rings is 1.